The number of carboxylic acid groups (broad SMARTS) is 1. The molecule has 1 aromatic heterocycles. The Bertz CT molecular complexity index is 1130. The molecule has 4 rings (SSSR count). The summed E-state index contributed by atoms with van der Waals surface area (Å²) >= 11 is 0. The summed E-state index contributed by atoms with van der Waals surface area (Å²) in [6.07, 6.45) is -1.78. The highest BCUT2D eigenvalue weighted by molar-refractivity contribution is 5.89. The second-order valence-corrected chi connectivity index (χ2v) is 9.86. The van der Waals surface area contributed by atoms with Crippen LogP contribution >= 0.6 is 0 Å². The van der Waals surface area contributed by atoms with E-state index in [1.807, 2.05) is 0 Å². The van der Waals surface area contributed by atoms with E-state index in [1.54, 1.807) is 32.4 Å². The van der Waals surface area contributed by atoms with E-state index in [-0.39, 0.29) is 24.0 Å². The summed E-state index contributed by atoms with van der Waals surface area (Å²) < 4.78 is 36.4. The van der Waals surface area contributed by atoms with Gasteiger partial charge < -0.3 is 20.1 Å². The number of nitrogens with zero attached hydrogens (tertiary/aromatic N) is 4. The number of benzene rings is 1. The van der Waals surface area contributed by atoms with Crippen molar-refractivity contribution in [3.05, 3.63) is 52.6 Å². The Labute approximate surface area is 196 Å². The lowest BCUT2D eigenvalue weighted by Crippen LogP contribution is -2.58. The van der Waals surface area contributed by atoms with Crippen molar-refractivity contribution in [3.8, 4) is 0 Å². The summed E-state index contributed by atoms with van der Waals surface area (Å²) in [6, 6.07) is 2.15. The standard InChI is InChI=1S/C23H29F2N5O4/c1-23(2,3)30(22(32)33)17-8-13(11-34-19(17)14-7-12(24)5-6-15(14)25)29-9-16-18(10-29)28(4)21(27-16)20(26)31/h5-7,13,17,19H,8-11H2,1-4H3,(H2,26,31)(H,32,33)/t13-,17+,19-/m1/s1. The molecule has 2 aliphatic rings. The van der Waals surface area contributed by atoms with Crippen molar-refractivity contribution < 1.29 is 28.2 Å². The van der Waals surface area contributed by atoms with E-state index in [2.05, 4.69) is 9.88 Å². The van der Waals surface area contributed by atoms with Gasteiger partial charge in [-0.2, -0.15) is 0 Å². The van der Waals surface area contributed by atoms with Crippen LogP contribution in [0.5, 0.6) is 0 Å². The van der Waals surface area contributed by atoms with Crippen LogP contribution in [0, 0.1) is 11.6 Å². The zero-order valence-electron chi connectivity index (χ0n) is 19.6. The fourth-order valence-corrected chi connectivity index (χ4v) is 5.08. The van der Waals surface area contributed by atoms with Gasteiger partial charge in [-0.15, -0.1) is 0 Å². The van der Waals surface area contributed by atoms with Gasteiger partial charge >= 0.3 is 6.09 Å². The molecule has 3 heterocycles. The first-order chi connectivity index (χ1) is 15.9. The van der Waals surface area contributed by atoms with E-state index in [0.29, 0.717) is 19.5 Å². The average Bonchev–Trinajstić information content (AvgIpc) is 3.28. The Kier molecular flexibility index (Phi) is 6.11. The van der Waals surface area contributed by atoms with Crippen molar-refractivity contribution in [2.75, 3.05) is 6.61 Å². The molecule has 9 nitrogen and oxygen atoms in total. The van der Waals surface area contributed by atoms with Crippen LogP contribution in [0.4, 0.5) is 13.6 Å². The van der Waals surface area contributed by atoms with Gasteiger partial charge in [0.05, 0.1) is 24.0 Å². The number of aromatic nitrogens is 2. The maximum Gasteiger partial charge on any atom is 0.408 e. The molecule has 2 aliphatic heterocycles. The lowest BCUT2D eigenvalue weighted by molar-refractivity contribution is -0.103. The third-order valence-corrected chi connectivity index (χ3v) is 6.60. The van der Waals surface area contributed by atoms with Gasteiger partial charge in [0.1, 0.15) is 17.7 Å². The summed E-state index contributed by atoms with van der Waals surface area (Å²) in [5.41, 5.74) is 6.17. The highest BCUT2D eigenvalue weighted by atomic mass is 19.1. The van der Waals surface area contributed by atoms with E-state index in [1.165, 1.54) is 4.90 Å². The minimum Gasteiger partial charge on any atom is -0.465 e. The minimum absolute atomic E-state index is 0.00331. The molecular weight excluding hydrogens is 448 g/mol. The number of primary amides is 1. The van der Waals surface area contributed by atoms with Gasteiger partial charge in [-0.25, -0.2) is 18.6 Å². The van der Waals surface area contributed by atoms with E-state index < -0.39 is 41.3 Å². The molecule has 0 bridgehead atoms. The van der Waals surface area contributed by atoms with Gasteiger partial charge in [-0.3, -0.25) is 14.6 Å². The molecule has 3 N–H and O–H groups in total. The van der Waals surface area contributed by atoms with Crippen LogP contribution in [0.2, 0.25) is 0 Å². The van der Waals surface area contributed by atoms with Crippen molar-refractivity contribution in [1.82, 2.24) is 19.4 Å². The van der Waals surface area contributed by atoms with Crippen LogP contribution in [0.1, 0.15) is 60.9 Å². The fraction of sp³-hybridized carbons (Fsp3) is 0.522. The third kappa shape index (κ3) is 4.25. The SMILES string of the molecule is Cn1c(C(N)=O)nc2c1CN([C@H]1CO[C@H](c3cc(F)ccc3F)[C@@H](N(C(=O)O)C(C)(C)C)C1)C2. The van der Waals surface area contributed by atoms with Crippen molar-refractivity contribution in [3.63, 3.8) is 0 Å². The number of amides is 2. The number of rotatable bonds is 4. The Hall–Kier alpha value is -3.05. The van der Waals surface area contributed by atoms with E-state index in [4.69, 9.17) is 10.5 Å². The molecule has 0 unspecified atom stereocenters. The zero-order chi connectivity index (χ0) is 24.9. The number of hydrogen-bond acceptors (Lipinski definition) is 5. The number of nitrogens with two attached hydrogens (primary N) is 1. The number of carbonyl (C=O) groups is 2. The van der Waals surface area contributed by atoms with Crippen LogP contribution in [0.25, 0.3) is 0 Å². The summed E-state index contributed by atoms with van der Waals surface area (Å²) in [5, 5.41) is 10.1. The number of ether oxygens (including phenoxy) is 1. The Balaban J connectivity index is 1.65. The molecule has 1 aromatic carbocycles. The lowest BCUT2D eigenvalue weighted by atomic mass is 9.88. The van der Waals surface area contributed by atoms with Crippen LogP contribution < -0.4 is 5.73 Å². The summed E-state index contributed by atoms with van der Waals surface area (Å²) in [6.45, 7) is 6.39. The number of imidazole rings is 1. The molecule has 184 valence electrons. The molecule has 1 fully saturated rings. The molecule has 0 spiro atoms. The normalized spacial score (nSPS) is 23.1. The smallest absolute Gasteiger partial charge is 0.408 e. The molecule has 2 amide bonds. The quantitative estimate of drug-likeness (QED) is 0.700. The summed E-state index contributed by atoms with van der Waals surface area (Å²) in [5.74, 6) is -1.68. The molecule has 34 heavy (non-hydrogen) atoms. The number of carbonyl (C=O) groups excluding carboxylic acids is 1. The van der Waals surface area contributed by atoms with E-state index in [9.17, 15) is 23.5 Å². The second kappa shape index (κ2) is 8.62. The lowest BCUT2D eigenvalue weighted by Gasteiger charge is -2.48. The van der Waals surface area contributed by atoms with Gasteiger partial charge in [-0.05, 0) is 45.4 Å². The first-order valence-electron chi connectivity index (χ1n) is 11.1. The summed E-state index contributed by atoms with van der Waals surface area (Å²) in [7, 11) is 1.73. The third-order valence-electron chi connectivity index (χ3n) is 6.60. The highest BCUT2D eigenvalue weighted by Crippen LogP contribution is 2.39. The molecule has 2 aromatic rings. The average molecular weight is 478 g/mol. The second-order valence-electron chi connectivity index (χ2n) is 9.86. The largest absolute Gasteiger partial charge is 0.465 e. The maximum atomic E-state index is 14.7. The van der Waals surface area contributed by atoms with Gasteiger partial charge in [-0.1, -0.05) is 0 Å². The van der Waals surface area contributed by atoms with Crippen molar-refractivity contribution in [2.45, 2.75) is 64.0 Å². The molecule has 0 aliphatic carbocycles. The fourth-order valence-electron chi connectivity index (χ4n) is 5.08. The Morgan fingerprint density at radius 3 is 2.56 bits per heavy atom. The first kappa shape index (κ1) is 24.1. The maximum absolute atomic E-state index is 14.7. The Morgan fingerprint density at radius 1 is 1.26 bits per heavy atom. The molecule has 3 atom stereocenters. The molecule has 0 radical (unpaired) electrons. The van der Waals surface area contributed by atoms with Crippen molar-refractivity contribution in [1.29, 1.82) is 0 Å². The van der Waals surface area contributed by atoms with Gasteiger partial charge in [0.15, 0.2) is 5.82 Å². The van der Waals surface area contributed by atoms with E-state index >= 15 is 0 Å². The van der Waals surface area contributed by atoms with Crippen LogP contribution in [0.15, 0.2) is 18.2 Å². The van der Waals surface area contributed by atoms with Gasteiger partial charge in [0, 0.05) is 37.3 Å². The molecular formula is C23H29F2N5O4. The van der Waals surface area contributed by atoms with Crippen LogP contribution in [-0.2, 0) is 24.9 Å². The van der Waals surface area contributed by atoms with Crippen LogP contribution in [0.3, 0.4) is 0 Å². The monoisotopic (exact) mass is 477 g/mol. The van der Waals surface area contributed by atoms with Crippen molar-refractivity contribution in [2.24, 2.45) is 12.8 Å². The predicted octanol–water partition coefficient (Wildman–Crippen LogP) is 2.79. The molecule has 11 heteroatoms. The highest BCUT2D eigenvalue weighted by Gasteiger charge is 2.46. The zero-order valence-corrected chi connectivity index (χ0v) is 19.6. The van der Waals surface area contributed by atoms with Gasteiger partial charge in [0.25, 0.3) is 5.91 Å². The molecule has 0 saturated carbocycles. The van der Waals surface area contributed by atoms with Gasteiger partial charge in [0.2, 0.25) is 0 Å². The molecule has 1 saturated heterocycles. The van der Waals surface area contributed by atoms with Crippen molar-refractivity contribution >= 4 is 12.0 Å². The Morgan fingerprint density at radius 2 is 1.97 bits per heavy atom. The number of fused-ring (bicyclic) bond motifs is 1. The topological polar surface area (TPSA) is 114 Å². The number of halogens is 2. The van der Waals surface area contributed by atoms with E-state index in [0.717, 1.165) is 29.6 Å². The predicted molar refractivity (Wildman–Crippen MR) is 118 cm³/mol. The first-order valence-corrected chi connectivity index (χ1v) is 11.1. The summed E-state index contributed by atoms with van der Waals surface area (Å²) in [4.78, 5) is 31.6. The van der Waals surface area contributed by atoms with Crippen LogP contribution in [-0.4, -0.2) is 60.7 Å². The minimum atomic E-state index is -1.17. The number of hydrogen-bond donors (Lipinski definition) is 2.